The molecule has 0 aromatic carbocycles. The number of esters is 1. The van der Waals surface area contributed by atoms with Crippen molar-refractivity contribution in [1.82, 2.24) is 5.32 Å². The molecule has 0 unspecified atom stereocenters. The number of aliphatic carboxylic acids is 1. The highest BCUT2D eigenvalue weighted by atomic mass is 16.5. The van der Waals surface area contributed by atoms with Crippen molar-refractivity contribution in [2.24, 2.45) is 5.92 Å². The van der Waals surface area contributed by atoms with Crippen molar-refractivity contribution in [3.05, 3.63) is 0 Å². The van der Waals surface area contributed by atoms with Gasteiger partial charge in [-0.2, -0.15) is 0 Å². The van der Waals surface area contributed by atoms with Gasteiger partial charge in [0.1, 0.15) is 6.04 Å². The van der Waals surface area contributed by atoms with E-state index in [-0.39, 0.29) is 5.92 Å². The van der Waals surface area contributed by atoms with Crippen LogP contribution in [0.3, 0.4) is 0 Å². The van der Waals surface area contributed by atoms with Gasteiger partial charge in [0.15, 0.2) is 6.61 Å². The Balaban J connectivity index is 4.24. The number of hydrogen-bond acceptors (Lipinski definition) is 4. The molecule has 0 aliphatic heterocycles. The summed E-state index contributed by atoms with van der Waals surface area (Å²) >= 11 is 0. The third-order valence-corrected chi connectivity index (χ3v) is 2.20. The summed E-state index contributed by atoms with van der Waals surface area (Å²) in [7, 11) is 0. The summed E-state index contributed by atoms with van der Waals surface area (Å²) in [6.07, 6.45) is 0.630. The molecule has 6 nitrogen and oxygen atoms in total. The van der Waals surface area contributed by atoms with Gasteiger partial charge in [-0.05, 0) is 5.92 Å². The first kappa shape index (κ1) is 14.4. The van der Waals surface area contributed by atoms with Crippen molar-refractivity contribution >= 4 is 17.8 Å². The van der Waals surface area contributed by atoms with Crippen molar-refractivity contribution in [3.8, 4) is 0 Å². The zero-order chi connectivity index (χ0) is 12.7. The van der Waals surface area contributed by atoms with Gasteiger partial charge in [0.2, 0.25) is 0 Å². The Morgan fingerprint density at radius 1 is 1.38 bits per heavy atom. The topological polar surface area (TPSA) is 92.7 Å². The molecule has 0 aliphatic rings. The molecule has 0 fully saturated rings. The van der Waals surface area contributed by atoms with E-state index < -0.39 is 30.5 Å². The molecule has 2 atom stereocenters. The van der Waals surface area contributed by atoms with E-state index in [2.05, 4.69) is 10.1 Å². The normalized spacial score (nSPS) is 13.7. The fraction of sp³-hybridized carbons (Fsp3) is 0.700. The van der Waals surface area contributed by atoms with Crippen molar-refractivity contribution in [1.29, 1.82) is 0 Å². The molecule has 0 spiro atoms. The van der Waals surface area contributed by atoms with Crippen LogP contribution >= 0.6 is 0 Å². The third kappa shape index (κ3) is 5.33. The minimum Gasteiger partial charge on any atom is -0.480 e. The largest absolute Gasteiger partial charge is 0.480 e. The van der Waals surface area contributed by atoms with E-state index in [4.69, 9.17) is 5.11 Å². The summed E-state index contributed by atoms with van der Waals surface area (Å²) in [6, 6.07) is -0.951. The Morgan fingerprint density at radius 3 is 2.31 bits per heavy atom. The zero-order valence-corrected chi connectivity index (χ0v) is 9.65. The van der Waals surface area contributed by atoms with Gasteiger partial charge in [-0.25, -0.2) is 4.79 Å². The SMILES string of the molecule is CC[C@@H](C)[C@@H](NC(=O)COC(C)=O)C(=O)O. The predicted molar refractivity (Wildman–Crippen MR) is 55.7 cm³/mol. The maximum absolute atomic E-state index is 11.2. The van der Waals surface area contributed by atoms with E-state index in [1.54, 1.807) is 6.92 Å². The highest BCUT2D eigenvalue weighted by molar-refractivity contribution is 5.85. The molecule has 0 aromatic heterocycles. The van der Waals surface area contributed by atoms with E-state index in [0.717, 1.165) is 0 Å². The molecular formula is C10H17NO5. The highest BCUT2D eigenvalue weighted by Crippen LogP contribution is 2.07. The first-order valence-corrected chi connectivity index (χ1v) is 5.04. The average Bonchev–Trinajstić information content (AvgIpc) is 2.21. The Labute approximate surface area is 94.0 Å². The first-order chi connectivity index (χ1) is 7.38. The van der Waals surface area contributed by atoms with Gasteiger partial charge in [-0.3, -0.25) is 9.59 Å². The van der Waals surface area contributed by atoms with Crippen molar-refractivity contribution in [3.63, 3.8) is 0 Å². The van der Waals surface area contributed by atoms with Crippen LogP contribution in [0.4, 0.5) is 0 Å². The second kappa shape index (κ2) is 6.81. The molecule has 0 saturated carbocycles. The number of carbonyl (C=O) groups excluding carboxylic acids is 2. The first-order valence-electron chi connectivity index (χ1n) is 5.04. The number of nitrogens with one attached hydrogen (secondary N) is 1. The molecule has 0 radical (unpaired) electrons. The smallest absolute Gasteiger partial charge is 0.326 e. The van der Waals surface area contributed by atoms with E-state index in [9.17, 15) is 14.4 Å². The number of carbonyl (C=O) groups is 3. The van der Waals surface area contributed by atoms with Crippen LogP contribution in [0.5, 0.6) is 0 Å². The Morgan fingerprint density at radius 2 is 1.94 bits per heavy atom. The fourth-order valence-corrected chi connectivity index (χ4v) is 1.07. The van der Waals surface area contributed by atoms with E-state index >= 15 is 0 Å². The number of carboxylic acids is 1. The van der Waals surface area contributed by atoms with Gasteiger partial charge in [-0.1, -0.05) is 20.3 Å². The van der Waals surface area contributed by atoms with Crippen LogP contribution in [-0.4, -0.2) is 35.6 Å². The minimum absolute atomic E-state index is 0.182. The summed E-state index contributed by atoms with van der Waals surface area (Å²) in [6.45, 7) is 4.29. The van der Waals surface area contributed by atoms with Crippen LogP contribution in [0.2, 0.25) is 0 Å². The van der Waals surface area contributed by atoms with Crippen molar-refractivity contribution in [2.45, 2.75) is 33.2 Å². The highest BCUT2D eigenvalue weighted by Gasteiger charge is 2.25. The average molecular weight is 231 g/mol. The molecule has 0 bridgehead atoms. The van der Waals surface area contributed by atoms with Crippen LogP contribution in [-0.2, 0) is 19.1 Å². The quantitative estimate of drug-likeness (QED) is 0.635. The molecule has 1 amide bonds. The van der Waals surface area contributed by atoms with Crippen molar-refractivity contribution < 1.29 is 24.2 Å². The van der Waals surface area contributed by atoms with Gasteiger partial charge in [-0.15, -0.1) is 0 Å². The van der Waals surface area contributed by atoms with E-state index in [1.165, 1.54) is 6.92 Å². The second-order valence-corrected chi connectivity index (χ2v) is 3.55. The number of ether oxygens (including phenoxy) is 1. The summed E-state index contributed by atoms with van der Waals surface area (Å²) in [5.41, 5.74) is 0. The maximum atomic E-state index is 11.2. The summed E-state index contributed by atoms with van der Waals surface area (Å²) in [5.74, 6) is -2.46. The maximum Gasteiger partial charge on any atom is 0.326 e. The van der Waals surface area contributed by atoms with E-state index in [0.29, 0.717) is 6.42 Å². The summed E-state index contributed by atoms with van der Waals surface area (Å²) in [4.78, 5) is 32.5. The van der Waals surface area contributed by atoms with Crippen LogP contribution in [0.1, 0.15) is 27.2 Å². The number of rotatable bonds is 6. The Bertz CT molecular complexity index is 276. The van der Waals surface area contributed by atoms with Gasteiger partial charge < -0.3 is 15.2 Å². The van der Waals surface area contributed by atoms with Gasteiger partial charge in [0.25, 0.3) is 5.91 Å². The molecule has 0 aromatic rings. The monoisotopic (exact) mass is 231 g/mol. The standard InChI is InChI=1S/C10H17NO5/c1-4-6(2)9(10(14)15)11-8(13)5-16-7(3)12/h6,9H,4-5H2,1-3H3,(H,11,13)(H,14,15)/t6-,9-/m1/s1. The zero-order valence-electron chi connectivity index (χ0n) is 9.65. The minimum atomic E-state index is -1.09. The van der Waals surface area contributed by atoms with E-state index in [1.807, 2.05) is 6.92 Å². The molecule has 6 heteroatoms. The number of amides is 1. The molecular weight excluding hydrogens is 214 g/mol. The fourth-order valence-electron chi connectivity index (χ4n) is 1.07. The van der Waals surface area contributed by atoms with Gasteiger partial charge in [0, 0.05) is 6.92 Å². The Hall–Kier alpha value is -1.59. The van der Waals surface area contributed by atoms with Gasteiger partial charge in [0.05, 0.1) is 0 Å². The molecule has 92 valence electrons. The molecule has 0 saturated heterocycles. The lowest BCUT2D eigenvalue weighted by Crippen LogP contribution is -2.46. The second-order valence-electron chi connectivity index (χ2n) is 3.55. The number of hydrogen-bond donors (Lipinski definition) is 2. The van der Waals surface area contributed by atoms with Gasteiger partial charge >= 0.3 is 11.9 Å². The van der Waals surface area contributed by atoms with Crippen LogP contribution in [0, 0.1) is 5.92 Å². The van der Waals surface area contributed by atoms with Crippen LogP contribution in [0.15, 0.2) is 0 Å². The summed E-state index contributed by atoms with van der Waals surface area (Å²) < 4.78 is 4.45. The van der Waals surface area contributed by atoms with Crippen LogP contribution in [0.25, 0.3) is 0 Å². The lowest BCUT2D eigenvalue weighted by atomic mass is 9.99. The number of carboxylic acid groups (broad SMARTS) is 1. The molecule has 0 rings (SSSR count). The third-order valence-electron chi connectivity index (χ3n) is 2.20. The molecule has 16 heavy (non-hydrogen) atoms. The molecule has 0 aliphatic carbocycles. The lowest BCUT2D eigenvalue weighted by molar-refractivity contribution is -0.148. The lowest BCUT2D eigenvalue weighted by Gasteiger charge is -2.19. The molecule has 0 heterocycles. The summed E-state index contributed by atoms with van der Waals surface area (Å²) in [5, 5.41) is 11.2. The van der Waals surface area contributed by atoms with Crippen LogP contribution < -0.4 is 5.32 Å². The van der Waals surface area contributed by atoms with Crippen molar-refractivity contribution in [2.75, 3.05) is 6.61 Å². The predicted octanol–water partition coefficient (Wildman–Crippen LogP) is 0.165. The Kier molecular flexibility index (Phi) is 6.14. The molecule has 2 N–H and O–H groups in total.